The van der Waals surface area contributed by atoms with Gasteiger partial charge >= 0.3 is 0 Å². The third-order valence-electron chi connectivity index (χ3n) is 5.97. The number of benzene rings is 2. The molecule has 2 aliphatic rings. The van der Waals surface area contributed by atoms with Gasteiger partial charge in [0.1, 0.15) is 11.6 Å². The van der Waals surface area contributed by atoms with E-state index >= 15 is 0 Å². The molecule has 0 saturated heterocycles. The molecule has 0 fully saturated rings. The summed E-state index contributed by atoms with van der Waals surface area (Å²) in [6, 6.07) is 19.8. The second kappa shape index (κ2) is 7.82. The quantitative estimate of drug-likeness (QED) is 0.643. The normalized spacial score (nSPS) is 18.6. The number of aromatic nitrogens is 2. The first-order valence-corrected chi connectivity index (χ1v) is 10.4. The van der Waals surface area contributed by atoms with Gasteiger partial charge in [-0.1, -0.05) is 42.5 Å². The summed E-state index contributed by atoms with van der Waals surface area (Å²) in [6.07, 6.45) is 1.67. The molecular weight excluding hydrogens is 405 g/mol. The van der Waals surface area contributed by atoms with Crippen LogP contribution >= 0.6 is 0 Å². The van der Waals surface area contributed by atoms with Crippen LogP contribution in [0.25, 0.3) is 11.3 Å². The number of carbonyl (C=O) groups is 1. The lowest BCUT2D eigenvalue weighted by molar-refractivity contribution is -0.116. The lowest BCUT2D eigenvalue weighted by Gasteiger charge is -2.38. The summed E-state index contributed by atoms with van der Waals surface area (Å²) in [4.78, 5) is 14.8. The van der Waals surface area contributed by atoms with Crippen molar-refractivity contribution < 1.29 is 9.18 Å². The molecule has 2 heterocycles. The summed E-state index contributed by atoms with van der Waals surface area (Å²) in [5.74, 6) is -0.451. The van der Waals surface area contributed by atoms with Gasteiger partial charge in [-0.05, 0) is 36.1 Å². The maximum Gasteiger partial charge on any atom is 0.161 e. The van der Waals surface area contributed by atoms with Gasteiger partial charge in [0, 0.05) is 23.8 Å². The molecule has 3 N–H and O–H groups in total. The maximum absolute atomic E-state index is 14.0. The Hall–Kier alpha value is -4.18. The lowest BCUT2D eigenvalue weighted by Crippen LogP contribution is -2.39. The first kappa shape index (κ1) is 19.8. The van der Waals surface area contributed by atoms with Crippen molar-refractivity contribution in [3.63, 3.8) is 0 Å². The van der Waals surface area contributed by atoms with Crippen molar-refractivity contribution in [1.29, 1.82) is 5.26 Å². The number of anilines is 1. The second-order valence-corrected chi connectivity index (χ2v) is 7.88. The number of aromatic amines is 1. The van der Waals surface area contributed by atoms with Crippen LogP contribution in [0.3, 0.4) is 0 Å². The van der Waals surface area contributed by atoms with Crippen LogP contribution in [0, 0.1) is 17.1 Å². The molecule has 3 aromatic rings. The largest absolute Gasteiger partial charge is 0.384 e. The van der Waals surface area contributed by atoms with Crippen molar-refractivity contribution in [1.82, 2.24) is 10.2 Å². The Morgan fingerprint density at radius 3 is 2.69 bits per heavy atom. The predicted molar refractivity (Wildman–Crippen MR) is 118 cm³/mol. The summed E-state index contributed by atoms with van der Waals surface area (Å²) in [5.41, 5.74) is 10.2. The number of nitrogens with two attached hydrogens (primary N) is 1. The highest BCUT2D eigenvalue weighted by Crippen LogP contribution is 2.46. The number of nitrogens with zero attached hydrogens (tertiary/aromatic N) is 3. The average molecular weight is 425 g/mol. The monoisotopic (exact) mass is 425 g/mol. The molecule has 32 heavy (non-hydrogen) atoms. The number of carbonyl (C=O) groups excluding carboxylic acids is 1. The summed E-state index contributed by atoms with van der Waals surface area (Å²) >= 11 is 0. The van der Waals surface area contributed by atoms with Gasteiger partial charge in [-0.3, -0.25) is 14.8 Å². The fourth-order valence-corrected chi connectivity index (χ4v) is 4.56. The molecule has 1 aromatic heterocycles. The molecule has 0 bridgehead atoms. The van der Waals surface area contributed by atoms with Crippen molar-refractivity contribution in [3.05, 3.63) is 94.7 Å². The standard InChI is InChI=1S/C25H20FN5O/c26-17-9-4-8-16(12-17)23-18(14-27)25(28)31(20-10-5-11-21(32)24(20)23)22-13-19(29-30-22)15-6-2-1-3-7-15/h1-4,6-9,12-13,23H,5,10-11,28H2,(H,29,30). The topological polar surface area (TPSA) is 98.8 Å². The highest BCUT2D eigenvalue weighted by atomic mass is 19.1. The van der Waals surface area contributed by atoms with Crippen molar-refractivity contribution >= 4 is 11.6 Å². The highest BCUT2D eigenvalue weighted by molar-refractivity contribution is 6.01. The Morgan fingerprint density at radius 1 is 1.12 bits per heavy atom. The number of allylic oxidation sites excluding steroid dienone is 3. The predicted octanol–water partition coefficient (Wildman–Crippen LogP) is 4.52. The van der Waals surface area contributed by atoms with Crippen LogP contribution in [-0.4, -0.2) is 16.0 Å². The Labute approximate surface area is 184 Å². The molecule has 5 rings (SSSR count). The maximum atomic E-state index is 14.0. The van der Waals surface area contributed by atoms with E-state index < -0.39 is 11.7 Å². The first-order chi connectivity index (χ1) is 15.6. The summed E-state index contributed by atoms with van der Waals surface area (Å²) in [7, 11) is 0. The van der Waals surface area contributed by atoms with Gasteiger partial charge in [-0.15, -0.1) is 0 Å². The van der Waals surface area contributed by atoms with Crippen LogP contribution in [0.4, 0.5) is 10.2 Å². The van der Waals surface area contributed by atoms with Crippen LogP contribution in [0.15, 0.2) is 83.3 Å². The average Bonchev–Trinajstić information content (AvgIpc) is 3.29. The molecule has 1 unspecified atom stereocenters. The lowest BCUT2D eigenvalue weighted by atomic mass is 9.75. The van der Waals surface area contributed by atoms with Gasteiger partial charge < -0.3 is 5.73 Å². The minimum absolute atomic E-state index is 0.0513. The van der Waals surface area contributed by atoms with Gasteiger partial charge in [-0.2, -0.15) is 10.4 Å². The minimum Gasteiger partial charge on any atom is -0.384 e. The first-order valence-electron chi connectivity index (χ1n) is 10.4. The van der Waals surface area contributed by atoms with Crippen molar-refractivity contribution in [2.24, 2.45) is 5.73 Å². The highest BCUT2D eigenvalue weighted by Gasteiger charge is 2.41. The van der Waals surface area contributed by atoms with Gasteiger partial charge in [0.05, 0.1) is 23.3 Å². The van der Waals surface area contributed by atoms with Crippen LogP contribution < -0.4 is 10.6 Å². The zero-order valence-electron chi connectivity index (χ0n) is 17.2. The number of hydrogen-bond donors (Lipinski definition) is 2. The molecule has 0 saturated carbocycles. The van der Waals surface area contributed by atoms with E-state index in [1.165, 1.54) is 12.1 Å². The molecule has 1 atom stereocenters. The number of ketones is 1. The van der Waals surface area contributed by atoms with E-state index in [-0.39, 0.29) is 17.2 Å². The number of halogens is 1. The van der Waals surface area contributed by atoms with Crippen LogP contribution in [0.2, 0.25) is 0 Å². The Morgan fingerprint density at radius 2 is 1.94 bits per heavy atom. The van der Waals surface area contributed by atoms with E-state index in [1.807, 2.05) is 36.4 Å². The number of nitriles is 1. The molecule has 2 aromatic carbocycles. The van der Waals surface area contributed by atoms with Gasteiger partial charge in [-0.25, -0.2) is 4.39 Å². The molecule has 0 radical (unpaired) electrons. The van der Waals surface area contributed by atoms with Crippen molar-refractivity contribution in [3.8, 4) is 17.3 Å². The third kappa shape index (κ3) is 3.17. The Balaban J connectivity index is 1.68. The fourth-order valence-electron chi connectivity index (χ4n) is 4.56. The van der Waals surface area contributed by atoms with Crippen LogP contribution in [0.5, 0.6) is 0 Å². The second-order valence-electron chi connectivity index (χ2n) is 7.88. The number of rotatable bonds is 3. The summed E-state index contributed by atoms with van der Waals surface area (Å²) < 4.78 is 14.0. The van der Waals surface area contributed by atoms with Crippen LogP contribution in [-0.2, 0) is 4.79 Å². The number of Topliss-reactive ketones (excluding diaryl/α,β-unsaturated/α-hetero) is 1. The molecule has 1 aliphatic heterocycles. The molecular formula is C25H20FN5O. The summed E-state index contributed by atoms with van der Waals surface area (Å²) in [6.45, 7) is 0. The van der Waals surface area contributed by atoms with E-state index in [9.17, 15) is 14.4 Å². The van der Waals surface area contributed by atoms with E-state index in [0.717, 1.165) is 17.0 Å². The number of nitrogens with one attached hydrogen (secondary N) is 1. The minimum atomic E-state index is -0.692. The van der Waals surface area contributed by atoms with Gasteiger partial charge in [0.25, 0.3) is 0 Å². The Kier molecular flexibility index (Phi) is 4.83. The van der Waals surface area contributed by atoms with Gasteiger partial charge in [0.2, 0.25) is 0 Å². The zero-order chi connectivity index (χ0) is 22.2. The number of hydrogen-bond acceptors (Lipinski definition) is 5. The van der Waals surface area contributed by atoms with E-state index in [0.29, 0.717) is 36.2 Å². The summed E-state index contributed by atoms with van der Waals surface area (Å²) in [5, 5.41) is 17.5. The van der Waals surface area contributed by atoms with E-state index in [4.69, 9.17) is 5.73 Å². The number of H-pyrrole nitrogens is 1. The SMILES string of the molecule is N#CC1=C(N)N(c2cc(-c3ccccc3)[nH]n2)C2=C(C(=O)CCC2)C1c1cccc(F)c1. The smallest absolute Gasteiger partial charge is 0.161 e. The Bertz CT molecular complexity index is 1320. The fraction of sp³-hybridized carbons (Fsp3) is 0.160. The van der Waals surface area contributed by atoms with Gasteiger partial charge in [0.15, 0.2) is 11.6 Å². The van der Waals surface area contributed by atoms with E-state index in [1.54, 1.807) is 17.0 Å². The molecule has 1 aliphatic carbocycles. The van der Waals surface area contributed by atoms with E-state index in [2.05, 4.69) is 16.3 Å². The molecule has 158 valence electrons. The molecule has 0 spiro atoms. The van der Waals surface area contributed by atoms with Crippen molar-refractivity contribution in [2.75, 3.05) is 4.90 Å². The molecule has 0 amide bonds. The zero-order valence-corrected chi connectivity index (χ0v) is 17.2. The van der Waals surface area contributed by atoms with Crippen molar-refractivity contribution in [2.45, 2.75) is 25.2 Å². The molecule has 7 heteroatoms. The third-order valence-corrected chi connectivity index (χ3v) is 5.97. The van der Waals surface area contributed by atoms with Crippen LogP contribution in [0.1, 0.15) is 30.7 Å². The molecule has 6 nitrogen and oxygen atoms in total.